The average molecular weight is 426 g/mol. The van der Waals surface area contributed by atoms with Crippen LogP contribution in [0.25, 0.3) is 22.0 Å². The number of rotatable bonds is 5. The average Bonchev–Trinajstić information content (AvgIpc) is 2.75. The maximum atomic E-state index is 10.1. The Labute approximate surface area is 182 Å². The first-order valence-corrected chi connectivity index (χ1v) is 10.8. The number of benzene rings is 1. The van der Waals surface area contributed by atoms with Gasteiger partial charge in [-0.05, 0) is 70.3 Å². The molecule has 30 heavy (non-hydrogen) atoms. The highest BCUT2D eigenvalue weighted by Gasteiger charge is 2.22. The normalized spacial score (nSPS) is 18.4. The lowest BCUT2D eigenvalue weighted by Gasteiger charge is -2.30. The zero-order valence-corrected chi connectivity index (χ0v) is 18.4. The molecule has 0 amide bonds. The van der Waals surface area contributed by atoms with Crippen molar-refractivity contribution in [2.75, 3.05) is 18.4 Å². The van der Waals surface area contributed by atoms with E-state index in [1.165, 1.54) is 12.8 Å². The molecule has 2 aromatic heterocycles. The van der Waals surface area contributed by atoms with Crippen LogP contribution in [0.2, 0.25) is 5.02 Å². The summed E-state index contributed by atoms with van der Waals surface area (Å²) in [5.74, 6) is 0.956. The van der Waals surface area contributed by atoms with Crippen LogP contribution >= 0.6 is 11.6 Å². The second-order valence-corrected chi connectivity index (χ2v) is 9.01. The minimum absolute atomic E-state index is 0.291. The van der Waals surface area contributed by atoms with Gasteiger partial charge in [0.05, 0.1) is 16.2 Å². The topological polar surface area (TPSA) is 83.0 Å². The Kier molecular flexibility index (Phi) is 5.91. The largest absolute Gasteiger partial charge is 0.382 e. The molecule has 6 nitrogen and oxygen atoms in total. The summed E-state index contributed by atoms with van der Waals surface area (Å²) in [4.78, 5) is 13.2. The van der Waals surface area contributed by atoms with Gasteiger partial charge in [-0.2, -0.15) is 0 Å². The van der Waals surface area contributed by atoms with Gasteiger partial charge < -0.3 is 15.7 Å². The van der Waals surface area contributed by atoms with Gasteiger partial charge in [0.2, 0.25) is 0 Å². The first kappa shape index (κ1) is 21.0. The van der Waals surface area contributed by atoms with Gasteiger partial charge in [0.15, 0.2) is 5.82 Å². The summed E-state index contributed by atoms with van der Waals surface area (Å²) in [6.45, 7) is 7.68. The zero-order chi connectivity index (χ0) is 21.3. The van der Waals surface area contributed by atoms with Crippen LogP contribution < -0.4 is 10.6 Å². The van der Waals surface area contributed by atoms with Crippen molar-refractivity contribution in [1.82, 2.24) is 20.3 Å². The molecule has 3 aromatic rings. The summed E-state index contributed by atoms with van der Waals surface area (Å²) >= 11 is 6.56. The summed E-state index contributed by atoms with van der Waals surface area (Å²) in [7, 11) is 0. The number of nitrogens with zero attached hydrogens (tertiary/aromatic N) is 3. The summed E-state index contributed by atoms with van der Waals surface area (Å²) in [6, 6.07) is 6.36. The molecule has 0 aliphatic carbocycles. The van der Waals surface area contributed by atoms with Crippen LogP contribution in [0.1, 0.15) is 39.4 Å². The van der Waals surface area contributed by atoms with Gasteiger partial charge in [0.25, 0.3) is 0 Å². The molecular formula is C23H28ClN5O. The standard InChI is InChI=1S/C23H28ClN5O/c1-14(16-5-4-8-25-10-16)29-21-18-9-15(6-7-20(18)26-13-19(21)24)17-11-27-22(28-12-17)23(2,3)30/h6-7,9,11-14,16,25,30H,4-5,8,10H2,1-3H3,(H,26,29)/t14?,16-/m0/s1. The third kappa shape index (κ3) is 4.41. The lowest BCUT2D eigenvalue weighted by atomic mass is 9.92. The van der Waals surface area contributed by atoms with E-state index in [4.69, 9.17) is 11.6 Å². The van der Waals surface area contributed by atoms with Crippen molar-refractivity contribution in [3.05, 3.63) is 47.6 Å². The van der Waals surface area contributed by atoms with Crippen molar-refractivity contribution < 1.29 is 5.11 Å². The zero-order valence-electron chi connectivity index (χ0n) is 17.6. The Bertz CT molecular complexity index is 1030. The Morgan fingerprint density at radius 1 is 1.17 bits per heavy atom. The molecule has 0 spiro atoms. The lowest BCUT2D eigenvalue weighted by molar-refractivity contribution is 0.0687. The van der Waals surface area contributed by atoms with E-state index in [0.29, 0.717) is 22.8 Å². The van der Waals surface area contributed by atoms with E-state index in [9.17, 15) is 5.11 Å². The summed E-state index contributed by atoms with van der Waals surface area (Å²) in [6.07, 6.45) is 7.59. The van der Waals surface area contributed by atoms with Crippen LogP contribution in [-0.4, -0.2) is 39.2 Å². The summed E-state index contributed by atoms with van der Waals surface area (Å²) in [5.41, 5.74) is 2.58. The molecule has 158 valence electrons. The van der Waals surface area contributed by atoms with Crippen LogP contribution in [-0.2, 0) is 5.60 Å². The molecule has 4 rings (SSSR count). The van der Waals surface area contributed by atoms with Gasteiger partial charge >= 0.3 is 0 Å². The van der Waals surface area contributed by atoms with Crippen molar-refractivity contribution in [3.63, 3.8) is 0 Å². The third-order valence-corrected chi connectivity index (χ3v) is 6.05. The molecule has 1 aromatic carbocycles. The number of hydrogen-bond acceptors (Lipinski definition) is 6. The predicted octanol–water partition coefficient (Wildman–Crippen LogP) is 4.37. The van der Waals surface area contributed by atoms with Crippen LogP contribution in [0.15, 0.2) is 36.8 Å². The van der Waals surface area contributed by atoms with E-state index in [-0.39, 0.29) is 0 Å². The molecular weight excluding hydrogens is 398 g/mol. The van der Waals surface area contributed by atoms with Gasteiger partial charge in [-0.25, -0.2) is 9.97 Å². The highest BCUT2D eigenvalue weighted by Crippen LogP contribution is 2.34. The van der Waals surface area contributed by atoms with Gasteiger partial charge in [0, 0.05) is 35.6 Å². The van der Waals surface area contributed by atoms with Crippen molar-refractivity contribution in [1.29, 1.82) is 0 Å². The second kappa shape index (κ2) is 8.46. The maximum absolute atomic E-state index is 10.1. The predicted molar refractivity (Wildman–Crippen MR) is 122 cm³/mol. The van der Waals surface area contributed by atoms with Crippen molar-refractivity contribution in [3.8, 4) is 11.1 Å². The molecule has 1 aliphatic rings. The van der Waals surface area contributed by atoms with Gasteiger partial charge in [-0.1, -0.05) is 17.7 Å². The van der Waals surface area contributed by atoms with Gasteiger partial charge in [-0.15, -0.1) is 0 Å². The molecule has 0 saturated carbocycles. The second-order valence-electron chi connectivity index (χ2n) is 8.61. The van der Waals surface area contributed by atoms with E-state index in [2.05, 4.69) is 38.6 Å². The summed E-state index contributed by atoms with van der Waals surface area (Å²) < 4.78 is 0. The fraction of sp³-hybridized carbons (Fsp3) is 0.435. The molecule has 0 radical (unpaired) electrons. The van der Waals surface area contributed by atoms with E-state index in [1.807, 2.05) is 12.1 Å². The van der Waals surface area contributed by atoms with Gasteiger partial charge in [0.1, 0.15) is 5.60 Å². The molecule has 0 bridgehead atoms. The minimum atomic E-state index is -1.07. The van der Waals surface area contributed by atoms with E-state index in [1.54, 1.807) is 32.4 Å². The Morgan fingerprint density at radius 2 is 1.93 bits per heavy atom. The van der Waals surface area contributed by atoms with Crippen molar-refractivity contribution >= 4 is 28.2 Å². The van der Waals surface area contributed by atoms with Crippen LogP contribution in [0.3, 0.4) is 0 Å². The molecule has 1 fully saturated rings. The number of fused-ring (bicyclic) bond motifs is 1. The smallest absolute Gasteiger partial charge is 0.159 e. The quantitative estimate of drug-likeness (QED) is 0.563. The minimum Gasteiger partial charge on any atom is -0.382 e. The first-order valence-electron chi connectivity index (χ1n) is 10.4. The molecule has 1 aliphatic heterocycles. The monoisotopic (exact) mass is 425 g/mol. The maximum Gasteiger partial charge on any atom is 0.159 e. The van der Waals surface area contributed by atoms with Crippen molar-refractivity contribution in [2.45, 2.75) is 45.3 Å². The number of anilines is 1. The fourth-order valence-electron chi connectivity index (χ4n) is 3.94. The van der Waals surface area contributed by atoms with Crippen molar-refractivity contribution in [2.24, 2.45) is 5.92 Å². The molecule has 1 unspecified atom stereocenters. The Balaban J connectivity index is 1.68. The number of hydrogen-bond donors (Lipinski definition) is 3. The number of nitrogens with one attached hydrogen (secondary N) is 2. The highest BCUT2D eigenvalue weighted by atomic mass is 35.5. The lowest BCUT2D eigenvalue weighted by Crippen LogP contribution is -2.38. The Hall–Kier alpha value is -2.28. The number of aliphatic hydroxyl groups is 1. The molecule has 2 atom stereocenters. The molecule has 3 N–H and O–H groups in total. The SMILES string of the molecule is CC(Nc1c(Cl)cnc2ccc(-c3cnc(C(C)(C)O)nc3)cc12)[C@H]1CCCNC1. The van der Waals surface area contributed by atoms with Crippen LogP contribution in [0, 0.1) is 5.92 Å². The van der Waals surface area contributed by atoms with E-state index in [0.717, 1.165) is 40.8 Å². The van der Waals surface area contributed by atoms with Crippen LogP contribution in [0.5, 0.6) is 0 Å². The number of halogens is 1. The first-order chi connectivity index (χ1) is 14.3. The third-order valence-electron chi connectivity index (χ3n) is 5.77. The molecule has 7 heteroatoms. The van der Waals surface area contributed by atoms with E-state index < -0.39 is 5.60 Å². The Morgan fingerprint density at radius 3 is 2.60 bits per heavy atom. The fourth-order valence-corrected chi connectivity index (χ4v) is 4.14. The number of aromatic nitrogens is 3. The van der Waals surface area contributed by atoms with Gasteiger partial charge in [-0.3, -0.25) is 4.98 Å². The number of piperidine rings is 1. The highest BCUT2D eigenvalue weighted by molar-refractivity contribution is 6.34. The molecule has 1 saturated heterocycles. The number of pyridine rings is 1. The summed E-state index contributed by atoms with van der Waals surface area (Å²) in [5, 5.41) is 18.8. The van der Waals surface area contributed by atoms with Crippen LogP contribution in [0.4, 0.5) is 5.69 Å². The molecule has 3 heterocycles. The van der Waals surface area contributed by atoms with E-state index >= 15 is 0 Å².